The van der Waals surface area contributed by atoms with Crippen LogP contribution in [-0.4, -0.2) is 14.4 Å². The second-order valence-corrected chi connectivity index (χ2v) is 17.6. The first-order chi connectivity index (χ1) is 17.1. The molecular formula is C34H48OSi. The van der Waals surface area contributed by atoms with Gasteiger partial charge < -0.3 is 4.43 Å². The Hall–Kier alpha value is -1.90. The molecule has 0 N–H and O–H groups in total. The maximum Gasteiger partial charge on any atom is 0.192 e. The Kier molecular flexibility index (Phi) is 8.17. The first kappa shape index (κ1) is 27.1. The van der Waals surface area contributed by atoms with E-state index in [2.05, 4.69) is 101 Å². The summed E-state index contributed by atoms with van der Waals surface area (Å²) in [5.41, 5.74) is 7.21. The predicted octanol–water partition coefficient (Wildman–Crippen LogP) is 10.3. The SMILES string of the molecule is C=C(c1ccccc1)[C@@]12CC(O[Si](C)(C)C(C)(C)C)C[C@@H]1CC(CCCCCC)=C2c1ccccc1. The molecule has 194 valence electrons. The zero-order chi connectivity index (χ0) is 26.0. The third-order valence-electron chi connectivity index (χ3n) is 9.41. The molecule has 1 nitrogen and oxygen atoms in total. The van der Waals surface area contributed by atoms with Crippen LogP contribution in [0.25, 0.3) is 11.1 Å². The normalized spacial score (nSPS) is 24.3. The summed E-state index contributed by atoms with van der Waals surface area (Å²) < 4.78 is 7.12. The molecule has 2 heteroatoms. The van der Waals surface area contributed by atoms with Gasteiger partial charge in [-0.15, -0.1) is 0 Å². The largest absolute Gasteiger partial charge is 0.414 e. The van der Waals surface area contributed by atoms with Gasteiger partial charge in [-0.25, -0.2) is 0 Å². The number of benzene rings is 2. The highest BCUT2D eigenvalue weighted by molar-refractivity contribution is 6.74. The van der Waals surface area contributed by atoms with E-state index in [9.17, 15) is 0 Å². The van der Waals surface area contributed by atoms with Gasteiger partial charge in [0.25, 0.3) is 0 Å². The summed E-state index contributed by atoms with van der Waals surface area (Å²) in [6, 6.07) is 22.2. The van der Waals surface area contributed by atoms with Crippen molar-refractivity contribution >= 4 is 19.5 Å². The smallest absolute Gasteiger partial charge is 0.192 e. The Bertz CT molecular complexity index is 1060. The average molecular weight is 501 g/mol. The Morgan fingerprint density at radius 1 is 0.972 bits per heavy atom. The van der Waals surface area contributed by atoms with Crippen molar-refractivity contribution in [1.29, 1.82) is 0 Å². The van der Waals surface area contributed by atoms with Gasteiger partial charge in [0, 0.05) is 11.5 Å². The van der Waals surface area contributed by atoms with Crippen LogP contribution in [0.4, 0.5) is 0 Å². The summed E-state index contributed by atoms with van der Waals surface area (Å²) in [4.78, 5) is 0. The van der Waals surface area contributed by atoms with Gasteiger partial charge >= 0.3 is 0 Å². The van der Waals surface area contributed by atoms with Crippen molar-refractivity contribution in [3.05, 3.63) is 83.9 Å². The van der Waals surface area contributed by atoms with Gasteiger partial charge in [-0.3, -0.25) is 0 Å². The van der Waals surface area contributed by atoms with E-state index in [0.29, 0.717) is 12.0 Å². The fraction of sp³-hybridized carbons (Fsp3) is 0.529. The van der Waals surface area contributed by atoms with E-state index in [0.717, 1.165) is 12.8 Å². The fourth-order valence-electron chi connectivity index (χ4n) is 6.57. The Balaban J connectivity index is 1.79. The van der Waals surface area contributed by atoms with E-state index < -0.39 is 8.32 Å². The van der Waals surface area contributed by atoms with Crippen molar-refractivity contribution in [1.82, 2.24) is 0 Å². The van der Waals surface area contributed by atoms with Gasteiger partial charge in [-0.2, -0.15) is 0 Å². The lowest BCUT2D eigenvalue weighted by molar-refractivity contribution is 0.179. The van der Waals surface area contributed by atoms with Crippen LogP contribution < -0.4 is 0 Å². The van der Waals surface area contributed by atoms with Crippen molar-refractivity contribution in [2.24, 2.45) is 11.3 Å². The minimum atomic E-state index is -1.86. The molecule has 0 bridgehead atoms. The average Bonchev–Trinajstić information content (AvgIpc) is 3.33. The molecule has 36 heavy (non-hydrogen) atoms. The summed E-state index contributed by atoms with van der Waals surface area (Å²) in [6.45, 7) is 19.1. The van der Waals surface area contributed by atoms with E-state index in [1.807, 2.05) is 0 Å². The van der Waals surface area contributed by atoms with Crippen LogP contribution >= 0.6 is 0 Å². The molecular weight excluding hydrogens is 452 g/mol. The van der Waals surface area contributed by atoms with Crippen molar-refractivity contribution in [3.8, 4) is 0 Å². The first-order valence-corrected chi connectivity index (χ1v) is 17.2. The monoisotopic (exact) mass is 500 g/mol. The minimum Gasteiger partial charge on any atom is -0.414 e. The highest BCUT2D eigenvalue weighted by Crippen LogP contribution is 2.67. The van der Waals surface area contributed by atoms with E-state index >= 15 is 0 Å². The molecule has 0 spiro atoms. The molecule has 0 heterocycles. The maximum absolute atomic E-state index is 7.12. The quantitative estimate of drug-likeness (QED) is 0.233. The van der Waals surface area contributed by atoms with E-state index in [4.69, 9.17) is 11.0 Å². The topological polar surface area (TPSA) is 9.23 Å². The van der Waals surface area contributed by atoms with Gasteiger partial charge in [-0.1, -0.05) is 120 Å². The second-order valence-electron chi connectivity index (χ2n) is 12.8. The number of hydrogen-bond acceptors (Lipinski definition) is 1. The third kappa shape index (κ3) is 5.22. The van der Waals surface area contributed by atoms with Gasteiger partial charge in [0.2, 0.25) is 0 Å². The third-order valence-corrected chi connectivity index (χ3v) is 13.9. The Morgan fingerprint density at radius 2 is 1.61 bits per heavy atom. The Morgan fingerprint density at radius 3 is 2.22 bits per heavy atom. The molecule has 0 saturated heterocycles. The molecule has 0 aromatic heterocycles. The van der Waals surface area contributed by atoms with Gasteiger partial charge in [0.05, 0.1) is 0 Å². The van der Waals surface area contributed by atoms with Crippen molar-refractivity contribution < 1.29 is 4.43 Å². The lowest BCUT2D eigenvalue weighted by atomic mass is 9.66. The summed E-state index contributed by atoms with van der Waals surface area (Å²) >= 11 is 0. The molecule has 1 fully saturated rings. The highest BCUT2D eigenvalue weighted by atomic mass is 28.4. The molecule has 0 radical (unpaired) electrons. The maximum atomic E-state index is 7.12. The molecule has 2 aromatic rings. The van der Waals surface area contributed by atoms with E-state index in [1.54, 1.807) is 11.1 Å². The number of rotatable bonds is 10. The molecule has 2 aliphatic rings. The summed E-state index contributed by atoms with van der Waals surface area (Å²) in [5.74, 6) is 0.566. The first-order valence-electron chi connectivity index (χ1n) is 14.3. The van der Waals surface area contributed by atoms with Gasteiger partial charge in [0.1, 0.15) is 0 Å². The van der Waals surface area contributed by atoms with Crippen LogP contribution in [-0.2, 0) is 4.43 Å². The van der Waals surface area contributed by atoms with Crippen LogP contribution in [0.15, 0.2) is 72.8 Å². The minimum absolute atomic E-state index is 0.0458. The molecule has 2 aromatic carbocycles. The van der Waals surface area contributed by atoms with Gasteiger partial charge in [-0.05, 0) is 78.4 Å². The molecule has 0 amide bonds. The molecule has 3 atom stereocenters. The zero-order valence-corrected chi connectivity index (χ0v) is 24.7. The van der Waals surface area contributed by atoms with Crippen LogP contribution in [0.3, 0.4) is 0 Å². The Labute approximate surface area is 222 Å². The van der Waals surface area contributed by atoms with Crippen LogP contribution in [0.2, 0.25) is 18.1 Å². The van der Waals surface area contributed by atoms with E-state index in [-0.39, 0.29) is 10.5 Å². The molecule has 1 unspecified atom stereocenters. The van der Waals surface area contributed by atoms with Crippen molar-refractivity contribution in [2.45, 2.75) is 103 Å². The number of hydrogen-bond donors (Lipinski definition) is 0. The lowest BCUT2D eigenvalue weighted by Crippen LogP contribution is -2.43. The second kappa shape index (κ2) is 10.8. The highest BCUT2D eigenvalue weighted by Gasteiger charge is 2.57. The number of allylic oxidation sites excluding steroid dienone is 3. The summed E-state index contributed by atoms with van der Waals surface area (Å²) in [6.07, 6.45) is 10.2. The standard InChI is InChI=1S/C34H48OSi/c1-8-9-10-13-22-29-23-30-24-31(35-36(6,7)33(3,4)5)25-34(30,26(2)27-18-14-11-15-19-27)32(29)28-20-16-12-17-21-28/h11-12,14-21,30-31H,2,8-10,13,22-25H2,1,3-7H3/t30-,31?,34-/m0/s1. The van der Waals surface area contributed by atoms with Crippen LogP contribution in [0, 0.1) is 11.3 Å². The zero-order valence-electron chi connectivity index (χ0n) is 23.7. The molecule has 1 saturated carbocycles. The fourth-order valence-corrected chi connectivity index (χ4v) is 7.93. The summed E-state index contributed by atoms with van der Waals surface area (Å²) in [5, 5.41) is 0.219. The van der Waals surface area contributed by atoms with Crippen LogP contribution in [0.1, 0.15) is 90.2 Å². The number of fused-ring (bicyclic) bond motifs is 1. The van der Waals surface area contributed by atoms with Crippen molar-refractivity contribution in [3.63, 3.8) is 0 Å². The summed E-state index contributed by atoms with van der Waals surface area (Å²) in [7, 11) is -1.86. The lowest BCUT2D eigenvalue weighted by Gasteiger charge is -2.40. The van der Waals surface area contributed by atoms with Gasteiger partial charge in [0.15, 0.2) is 8.32 Å². The predicted molar refractivity (Wildman–Crippen MR) is 159 cm³/mol. The van der Waals surface area contributed by atoms with E-state index in [1.165, 1.54) is 55.2 Å². The van der Waals surface area contributed by atoms with Crippen molar-refractivity contribution in [2.75, 3.05) is 0 Å². The number of unbranched alkanes of at least 4 members (excludes halogenated alkanes) is 3. The molecule has 4 rings (SSSR count). The molecule has 2 aliphatic carbocycles. The van der Waals surface area contributed by atoms with Crippen LogP contribution in [0.5, 0.6) is 0 Å². The molecule has 0 aliphatic heterocycles.